The summed E-state index contributed by atoms with van der Waals surface area (Å²) in [5.41, 5.74) is 7.24. The topological polar surface area (TPSA) is 78.0 Å². The van der Waals surface area contributed by atoms with E-state index in [9.17, 15) is 9.59 Å². The number of primary amides is 1. The van der Waals surface area contributed by atoms with Crippen LogP contribution in [0.2, 0.25) is 0 Å². The second-order valence-corrected chi connectivity index (χ2v) is 7.21. The summed E-state index contributed by atoms with van der Waals surface area (Å²) in [7, 11) is 0. The summed E-state index contributed by atoms with van der Waals surface area (Å²) < 4.78 is 1.46. The highest BCUT2D eigenvalue weighted by Gasteiger charge is 2.24. The molecule has 2 aromatic heterocycles. The molecule has 0 aliphatic heterocycles. The van der Waals surface area contributed by atoms with Crippen molar-refractivity contribution in [2.24, 2.45) is 5.73 Å². The van der Waals surface area contributed by atoms with Crippen LogP contribution in [0.15, 0.2) is 35.1 Å². The van der Waals surface area contributed by atoms with Crippen molar-refractivity contribution in [3.63, 3.8) is 0 Å². The van der Waals surface area contributed by atoms with E-state index in [2.05, 4.69) is 0 Å². The predicted octanol–water partition coefficient (Wildman–Crippen LogP) is 3.43. The first-order chi connectivity index (χ1) is 12.0. The minimum Gasteiger partial charge on any atom is -0.368 e. The molecule has 3 aromatic rings. The van der Waals surface area contributed by atoms with Gasteiger partial charge in [0.05, 0.1) is 5.39 Å². The maximum absolute atomic E-state index is 13.2. The summed E-state index contributed by atoms with van der Waals surface area (Å²) >= 11 is 1.52. The van der Waals surface area contributed by atoms with Crippen LogP contribution in [-0.4, -0.2) is 15.5 Å². The third-order valence-corrected chi connectivity index (χ3v) is 5.47. The summed E-state index contributed by atoms with van der Waals surface area (Å²) in [5, 5.41) is 0.554. The van der Waals surface area contributed by atoms with Gasteiger partial charge in [-0.25, -0.2) is 4.98 Å². The maximum atomic E-state index is 13.2. The molecule has 2 N–H and O–H groups in total. The first-order valence-corrected chi connectivity index (χ1v) is 9.19. The SMILES string of the molecule is CCc1cc2c(=O)n(C(CC)C(N)=O)c(-c3cccc(C)c3)nc2s1. The monoisotopic (exact) mass is 355 g/mol. The van der Waals surface area contributed by atoms with E-state index in [1.165, 1.54) is 15.9 Å². The normalized spacial score (nSPS) is 12.4. The van der Waals surface area contributed by atoms with Gasteiger partial charge in [-0.05, 0) is 31.9 Å². The smallest absolute Gasteiger partial charge is 0.263 e. The highest BCUT2D eigenvalue weighted by molar-refractivity contribution is 7.18. The average molecular weight is 355 g/mol. The van der Waals surface area contributed by atoms with E-state index in [4.69, 9.17) is 10.7 Å². The highest BCUT2D eigenvalue weighted by Crippen LogP contribution is 2.28. The van der Waals surface area contributed by atoms with E-state index in [-0.39, 0.29) is 5.56 Å². The number of carbonyl (C=O) groups excluding carboxylic acids is 1. The molecule has 0 saturated carbocycles. The molecule has 130 valence electrons. The van der Waals surface area contributed by atoms with E-state index >= 15 is 0 Å². The molecule has 0 radical (unpaired) electrons. The van der Waals surface area contributed by atoms with Gasteiger partial charge in [-0.1, -0.05) is 37.6 Å². The lowest BCUT2D eigenvalue weighted by atomic mass is 10.1. The lowest BCUT2D eigenvalue weighted by Gasteiger charge is -2.19. The largest absolute Gasteiger partial charge is 0.368 e. The zero-order chi connectivity index (χ0) is 18.1. The molecule has 5 nitrogen and oxygen atoms in total. The summed E-state index contributed by atoms with van der Waals surface area (Å²) in [6, 6.07) is 8.92. The van der Waals surface area contributed by atoms with Gasteiger partial charge in [0.15, 0.2) is 0 Å². The van der Waals surface area contributed by atoms with Crippen LogP contribution in [0.25, 0.3) is 21.6 Å². The molecule has 0 saturated heterocycles. The van der Waals surface area contributed by atoms with E-state index in [0.717, 1.165) is 22.4 Å². The second kappa shape index (κ2) is 6.80. The number of carbonyl (C=O) groups is 1. The van der Waals surface area contributed by atoms with Crippen molar-refractivity contribution >= 4 is 27.5 Å². The minimum absolute atomic E-state index is 0.205. The minimum atomic E-state index is -0.718. The van der Waals surface area contributed by atoms with E-state index in [1.807, 2.05) is 51.1 Å². The fourth-order valence-electron chi connectivity index (χ4n) is 3.01. The fourth-order valence-corrected chi connectivity index (χ4v) is 3.96. The number of amides is 1. The van der Waals surface area contributed by atoms with Crippen LogP contribution in [-0.2, 0) is 11.2 Å². The van der Waals surface area contributed by atoms with Gasteiger partial charge in [-0.2, -0.15) is 0 Å². The molecular weight excluding hydrogens is 334 g/mol. The van der Waals surface area contributed by atoms with Crippen LogP contribution < -0.4 is 11.3 Å². The maximum Gasteiger partial charge on any atom is 0.263 e. The standard InChI is InChI=1S/C19H21N3O2S/c1-4-13-10-14-18(25-13)21-17(12-8-6-7-11(3)9-12)22(19(14)24)15(5-2)16(20)23/h6-10,15H,4-5H2,1-3H3,(H2,20,23). The molecular formula is C19H21N3O2S. The van der Waals surface area contributed by atoms with E-state index < -0.39 is 11.9 Å². The molecule has 1 atom stereocenters. The van der Waals surface area contributed by atoms with Crippen molar-refractivity contribution in [2.45, 2.75) is 39.7 Å². The number of aromatic nitrogens is 2. The van der Waals surface area contributed by atoms with Crippen LogP contribution in [0.3, 0.4) is 0 Å². The molecule has 6 heteroatoms. The Hall–Kier alpha value is -2.47. The number of aryl methyl sites for hydroxylation is 2. The molecule has 1 amide bonds. The Bertz CT molecular complexity index is 1000. The Morgan fingerprint density at radius 1 is 1.32 bits per heavy atom. The number of hydrogen-bond acceptors (Lipinski definition) is 4. The van der Waals surface area contributed by atoms with Crippen molar-refractivity contribution in [1.29, 1.82) is 0 Å². The van der Waals surface area contributed by atoms with Crippen LogP contribution in [0, 0.1) is 6.92 Å². The summed E-state index contributed by atoms with van der Waals surface area (Å²) in [4.78, 5) is 31.7. The molecule has 0 fully saturated rings. The molecule has 3 rings (SSSR count). The van der Waals surface area contributed by atoms with E-state index in [1.54, 1.807) is 0 Å². The van der Waals surface area contributed by atoms with Crippen LogP contribution in [0.4, 0.5) is 0 Å². The Kier molecular flexibility index (Phi) is 4.72. The average Bonchev–Trinajstić information content (AvgIpc) is 3.00. The Balaban J connectivity index is 2.40. The van der Waals surface area contributed by atoms with Gasteiger partial charge in [0, 0.05) is 10.4 Å². The van der Waals surface area contributed by atoms with Gasteiger partial charge in [-0.15, -0.1) is 11.3 Å². The summed E-state index contributed by atoms with van der Waals surface area (Å²) in [6.07, 6.45) is 1.28. The Morgan fingerprint density at radius 2 is 2.08 bits per heavy atom. The molecule has 1 aromatic carbocycles. The van der Waals surface area contributed by atoms with Gasteiger partial charge in [0.1, 0.15) is 16.7 Å². The second-order valence-electron chi connectivity index (χ2n) is 6.09. The zero-order valence-corrected chi connectivity index (χ0v) is 15.4. The lowest BCUT2D eigenvalue weighted by Crippen LogP contribution is -2.35. The molecule has 0 spiro atoms. The van der Waals surface area contributed by atoms with Gasteiger partial charge in [-0.3, -0.25) is 14.2 Å². The van der Waals surface area contributed by atoms with Crippen molar-refractivity contribution < 1.29 is 4.79 Å². The first-order valence-electron chi connectivity index (χ1n) is 8.37. The van der Waals surface area contributed by atoms with Crippen molar-refractivity contribution in [2.75, 3.05) is 0 Å². The van der Waals surface area contributed by atoms with Crippen molar-refractivity contribution in [3.8, 4) is 11.4 Å². The third-order valence-electron chi connectivity index (χ3n) is 4.30. The number of hydrogen-bond donors (Lipinski definition) is 1. The van der Waals surface area contributed by atoms with Crippen LogP contribution in [0.1, 0.15) is 36.8 Å². The highest BCUT2D eigenvalue weighted by atomic mass is 32.1. The van der Waals surface area contributed by atoms with Gasteiger partial charge in [0.25, 0.3) is 5.56 Å². The molecule has 25 heavy (non-hydrogen) atoms. The zero-order valence-electron chi connectivity index (χ0n) is 14.6. The van der Waals surface area contributed by atoms with Crippen LogP contribution >= 0.6 is 11.3 Å². The molecule has 1 unspecified atom stereocenters. The Morgan fingerprint density at radius 3 is 2.68 bits per heavy atom. The van der Waals surface area contributed by atoms with E-state index in [0.29, 0.717) is 22.5 Å². The van der Waals surface area contributed by atoms with Gasteiger partial charge >= 0.3 is 0 Å². The van der Waals surface area contributed by atoms with Gasteiger partial charge in [0.2, 0.25) is 5.91 Å². The molecule has 0 aliphatic rings. The quantitative estimate of drug-likeness (QED) is 0.761. The Labute approximate surface area is 150 Å². The van der Waals surface area contributed by atoms with Crippen LogP contribution in [0.5, 0.6) is 0 Å². The number of fused-ring (bicyclic) bond motifs is 1. The number of nitrogens with two attached hydrogens (primary N) is 1. The fraction of sp³-hybridized carbons (Fsp3) is 0.316. The number of nitrogens with zero attached hydrogens (tertiary/aromatic N) is 2. The molecule has 0 bridgehead atoms. The number of thiophene rings is 1. The molecule has 2 heterocycles. The summed E-state index contributed by atoms with van der Waals surface area (Å²) in [6.45, 7) is 5.87. The van der Waals surface area contributed by atoms with Crippen molar-refractivity contribution in [1.82, 2.24) is 9.55 Å². The predicted molar refractivity (Wildman–Crippen MR) is 102 cm³/mol. The lowest BCUT2D eigenvalue weighted by molar-refractivity contribution is -0.121. The number of rotatable bonds is 5. The number of benzene rings is 1. The molecule has 0 aliphatic carbocycles. The van der Waals surface area contributed by atoms with Crippen molar-refractivity contribution in [3.05, 3.63) is 51.1 Å². The van der Waals surface area contributed by atoms with Gasteiger partial charge < -0.3 is 5.73 Å². The first kappa shape index (κ1) is 17.4. The summed E-state index contributed by atoms with van der Waals surface area (Å²) in [5.74, 6) is -0.0260. The third kappa shape index (κ3) is 3.09.